The molecule has 2 aliphatic rings. The lowest BCUT2D eigenvalue weighted by Crippen LogP contribution is -2.52. The molecule has 5 heterocycles. The number of hydrogen-bond donors (Lipinski definition) is 1. The number of primary amides is 1. The van der Waals surface area contributed by atoms with Crippen molar-refractivity contribution in [3.8, 4) is 5.82 Å². The van der Waals surface area contributed by atoms with E-state index in [1.807, 2.05) is 0 Å². The summed E-state index contributed by atoms with van der Waals surface area (Å²) >= 11 is 0. The maximum Gasteiger partial charge on any atom is 0.341 e. The third-order valence-corrected chi connectivity index (χ3v) is 5.87. The second kappa shape index (κ2) is 9.24. The van der Waals surface area contributed by atoms with Crippen molar-refractivity contribution in [2.45, 2.75) is 19.4 Å². The molecule has 1 saturated heterocycles. The van der Waals surface area contributed by atoms with Gasteiger partial charge in [-0.2, -0.15) is 14.8 Å². The van der Waals surface area contributed by atoms with Crippen molar-refractivity contribution in [2.24, 2.45) is 10.8 Å². The first-order valence-electron chi connectivity index (χ1n) is 11.0. The highest BCUT2D eigenvalue weighted by atomic mass is 19.1. The minimum absolute atomic E-state index is 0.172. The van der Waals surface area contributed by atoms with Gasteiger partial charge in [0, 0.05) is 45.0 Å². The number of aromatic nitrogens is 6. The summed E-state index contributed by atoms with van der Waals surface area (Å²) in [4.78, 5) is 44.1. The fourth-order valence-corrected chi connectivity index (χ4v) is 4.07. The Bertz CT molecular complexity index is 1350. The summed E-state index contributed by atoms with van der Waals surface area (Å²) in [6.45, 7) is 2.97. The maximum absolute atomic E-state index is 14.5. The molecule has 0 spiro atoms. The van der Waals surface area contributed by atoms with Gasteiger partial charge in [0.25, 0.3) is 5.91 Å². The van der Waals surface area contributed by atoms with E-state index in [-0.39, 0.29) is 29.4 Å². The normalized spacial score (nSPS) is 17.6. The number of carbonyl (C=O) groups is 2. The summed E-state index contributed by atoms with van der Waals surface area (Å²) in [5.74, 6) is -2.03. The zero-order valence-corrected chi connectivity index (χ0v) is 19.1. The van der Waals surface area contributed by atoms with Crippen LogP contribution in [0.2, 0.25) is 0 Å². The van der Waals surface area contributed by atoms with Gasteiger partial charge in [-0.05, 0) is 18.6 Å². The minimum Gasteiger partial charge on any atom is -0.363 e. The molecule has 0 aromatic carbocycles. The molecule has 1 fully saturated rings. The largest absolute Gasteiger partial charge is 0.363 e. The van der Waals surface area contributed by atoms with Gasteiger partial charge >= 0.3 is 6.03 Å². The standard InChI is InChI=1S/C21H21F2N11O2/c1-12-28-18(17(24)35)30-33(12)19-15(23)11-26-20(29-19)31-4-6-32(7-5-31)21(36)34-16(2-3-27-34)13-8-14(22)10-25-9-13/h3,8-11,16H,2,4-7H2,1H3,(H2,24,35). The maximum atomic E-state index is 14.5. The molecule has 15 heteroatoms. The number of hydrazone groups is 1. The predicted molar refractivity (Wildman–Crippen MR) is 121 cm³/mol. The second-order valence-corrected chi connectivity index (χ2v) is 8.19. The van der Waals surface area contributed by atoms with Crippen molar-refractivity contribution in [2.75, 3.05) is 31.1 Å². The number of nitrogens with two attached hydrogens (primary N) is 1. The number of amides is 3. The molecular weight excluding hydrogens is 476 g/mol. The monoisotopic (exact) mass is 497 g/mol. The number of rotatable bonds is 4. The number of urea groups is 1. The molecule has 5 rings (SSSR count). The van der Waals surface area contributed by atoms with Crippen molar-refractivity contribution in [1.82, 2.24) is 39.6 Å². The fraction of sp³-hybridized carbons (Fsp3) is 0.333. The molecule has 2 aliphatic heterocycles. The molecule has 0 aliphatic carbocycles. The summed E-state index contributed by atoms with van der Waals surface area (Å²) in [6.07, 6.45) is 5.72. The molecule has 13 nitrogen and oxygen atoms in total. The lowest BCUT2D eigenvalue weighted by Gasteiger charge is -2.37. The summed E-state index contributed by atoms with van der Waals surface area (Å²) in [7, 11) is 0. The molecule has 3 aromatic rings. The topological polar surface area (TPSA) is 152 Å². The summed E-state index contributed by atoms with van der Waals surface area (Å²) in [5, 5.41) is 9.45. The average Bonchev–Trinajstić information content (AvgIpc) is 3.51. The van der Waals surface area contributed by atoms with Crippen molar-refractivity contribution in [1.29, 1.82) is 0 Å². The van der Waals surface area contributed by atoms with Crippen molar-refractivity contribution < 1.29 is 18.4 Å². The number of hydrogen-bond acceptors (Lipinski definition) is 9. The highest BCUT2D eigenvalue weighted by Crippen LogP contribution is 2.29. The van der Waals surface area contributed by atoms with Crippen LogP contribution in [0, 0.1) is 18.6 Å². The van der Waals surface area contributed by atoms with Gasteiger partial charge in [0.05, 0.1) is 18.4 Å². The van der Waals surface area contributed by atoms with Crippen LogP contribution in [0.4, 0.5) is 19.5 Å². The third-order valence-electron chi connectivity index (χ3n) is 5.87. The van der Waals surface area contributed by atoms with Crippen LogP contribution in [-0.4, -0.2) is 84.0 Å². The Morgan fingerprint density at radius 2 is 1.86 bits per heavy atom. The Morgan fingerprint density at radius 1 is 1.08 bits per heavy atom. The Labute approximate surface area is 203 Å². The third kappa shape index (κ3) is 4.30. The molecule has 3 amide bonds. The highest BCUT2D eigenvalue weighted by Gasteiger charge is 2.34. The molecule has 186 valence electrons. The molecule has 36 heavy (non-hydrogen) atoms. The predicted octanol–water partition coefficient (Wildman–Crippen LogP) is 0.813. The van der Waals surface area contributed by atoms with E-state index >= 15 is 0 Å². The molecule has 0 bridgehead atoms. The number of pyridine rings is 1. The van der Waals surface area contributed by atoms with Crippen LogP contribution in [0.15, 0.2) is 29.8 Å². The number of anilines is 1. The van der Waals surface area contributed by atoms with E-state index in [1.54, 1.807) is 22.9 Å². The van der Waals surface area contributed by atoms with E-state index < -0.39 is 23.6 Å². The Hall–Kier alpha value is -4.56. The van der Waals surface area contributed by atoms with Crippen molar-refractivity contribution >= 4 is 24.1 Å². The SMILES string of the molecule is Cc1nc(C(N)=O)nn1-c1nc(N2CCN(C(=O)N3N=CCC3c3cncc(F)c3)CC2)ncc1F. The molecular formula is C21H21F2N11O2. The van der Waals surface area contributed by atoms with Crippen LogP contribution in [0.3, 0.4) is 0 Å². The number of carbonyl (C=O) groups excluding carboxylic acids is 2. The zero-order chi connectivity index (χ0) is 25.4. The van der Waals surface area contributed by atoms with Gasteiger partial charge in [0.2, 0.25) is 11.8 Å². The van der Waals surface area contributed by atoms with E-state index in [9.17, 15) is 18.4 Å². The fourth-order valence-electron chi connectivity index (χ4n) is 4.07. The summed E-state index contributed by atoms with van der Waals surface area (Å²) in [5.41, 5.74) is 5.78. The van der Waals surface area contributed by atoms with Gasteiger partial charge in [-0.3, -0.25) is 9.78 Å². The van der Waals surface area contributed by atoms with E-state index in [2.05, 4.69) is 30.1 Å². The van der Waals surface area contributed by atoms with Gasteiger partial charge in [-0.25, -0.2) is 28.6 Å². The molecule has 0 saturated carbocycles. The lowest BCUT2D eigenvalue weighted by molar-refractivity contribution is 0.0990. The first kappa shape index (κ1) is 23.2. The van der Waals surface area contributed by atoms with Crippen LogP contribution < -0.4 is 10.6 Å². The van der Waals surface area contributed by atoms with Gasteiger partial charge in [0.15, 0.2) is 11.6 Å². The van der Waals surface area contributed by atoms with Gasteiger partial charge in [-0.1, -0.05) is 0 Å². The molecule has 1 unspecified atom stereocenters. The summed E-state index contributed by atoms with van der Waals surface area (Å²) < 4.78 is 29.2. The van der Waals surface area contributed by atoms with Crippen molar-refractivity contribution in [3.05, 3.63) is 53.5 Å². The Balaban J connectivity index is 1.28. The van der Waals surface area contributed by atoms with E-state index in [0.29, 0.717) is 38.2 Å². The minimum atomic E-state index is -0.842. The molecule has 2 N–H and O–H groups in total. The van der Waals surface area contributed by atoms with Gasteiger partial charge in [-0.15, -0.1) is 5.10 Å². The van der Waals surface area contributed by atoms with Crippen molar-refractivity contribution in [3.63, 3.8) is 0 Å². The quantitative estimate of drug-likeness (QED) is 0.556. The number of piperazine rings is 1. The number of aryl methyl sites for hydroxylation is 1. The number of nitrogens with zero attached hydrogens (tertiary/aromatic N) is 10. The van der Waals surface area contributed by atoms with E-state index in [1.165, 1.54) is 17.3 Å². The van der Waals surface area contributed by atoms with Gasteiger partial charge < -0.3 is 15.5 Å². The molecule has 1 atom stereocenters. The average molecular weight is 497 g/mol. The first-order chi connectivity index (χ1) is 17.3. The highest BCUT2D eigenvalue weighted by molar-refractivity contribution is 5.88. The van der Waals surface area contributed by atoms with Crippen LogP contribution in [0.5, 0.6) is 0 Å². The van der Waals surface area contributed by atoms with Crippen LogP contribution in [0.1, 0.15) is 34.5 Å². The van der Waals surface area contributed by atoms with Gasteiger partial charge in [0.1, 0.15) is 11.6 Å². The van der Waals surface area contributed by atoms with Crippen LogP contribution >= 0.6 is 0 Å². The van der Waals surface area contributed by atoms with Crippen LogP contribution in [0.25, 0.3) is 5.82 Å². The smallest absolute Gasteiger partial charge is 0.341 e. The lowest BCUT2D eigenvalue weighted by atomic mass is 10.1. The van der Waals surface area contributed by atoms with E-state index in [4.69, 9.17) is 5.73 Å². The number of halogens is 2. The Morgan fingerprint density at radius 3 is 2.56 bits per heavy atom. The Kier molecular flexibility index (Phi) is 5.95. The molecule has 0 radical (unpaired) electrons. The second-order valence-electron chi connectivity index (χ2n) is 8.19. The summed E-state index contributed by atoms with van der Waals surface area (Å²) in [6, 6.07) is 0.602. The van der Waals surface area contributed by atoms with E-state index in [0.717, 1.165) is 17.1 Å². The zero-order valence-electron chi connectivity index (χ0n) is 19.1. The van der Waals surface area contributed by atoms with Crippen LogP contribution in [-0.2, 0) is 0 Å². The molecule has 3 aromatic heterocycles. The first-order valence-corrected chi connectivity index (χ1v) is 11.0.